The van der Waals surface area contributed by atoms with Gasteiger partial charge < -0.3 is 5.32 Å². The number of rotatable bonds is 5. The Morgan fingerprint density at radius 3 is 2.67 bits per heavy atom. The second-order valence-electron chi connectivity index (χ2n) is 4.98. The standard InChI is InChI=1S/C14H20N4O3/c1-2-15-12-8-6-7-11(13(12)18(20)21)14(19)16-17-9-4-3-5-10-17/h6-8,15H,2-5,9-10H2,1H3,(H,16,19). The molecule has 7 nitrogen and oxygen atoms in total. The quantitative estimate of drug-likeness (QED) is 0.641. The largest absolute Gasteiger partial charge is 0.380 e. The van der Waals surface area contributed by atoms with Crippen LogP contribution in [0.1, 0.15) is 36.5 Å². The molecule has 1 aliphatic heterocycles. The van der Waals surface area contributed by atoms with Crippen molar-refractivity contribution in [1.29, 1.82) is 0 Å². The molecule has 1 aliphatic rings. The van der Waals surface area contributed by atoms with Gasteiger partial charge in [0.15, 0.2) is 0 Å². The van der Waals surface area contributed by atoms with Crippen molar-refractivity contribution >= 4 is 17.3 Å². The first-order chi connectivity index (χ1) is 10.1. The molecule has 1 aromatic rings. The van der Waals surface area contributed by atoms with Crippen molar-refractivity contribution in [2.45, 2.75) is 26.2 Å². The average Bonchev–Trinajstić information content (AvgIpc) is 2.48. The highest BCUT2D eigenvalue weighted by Gasteiger charge is 2.25. The third-order valence-electron chi connectivity index (χ3n) is 3.45. The fourth-order valence-corrected chi connectivity index (χ4v) is 2.47. The molecular formula is C14H20N4O3. The number of nitrogens with zero attached hydrogens (tertiary/aromatic N) is 2. The lowest BCUT2D eigenvalue weighted by molar-refractivity contribution is -0.384. The zero-order valence-corrected chi connectivity index (χ0v) is 12.1. The van der Waals surface area contributed by atoms with Crippen molar-refractivity contribution in [3.63, 3.8) is 0 Å². The van der Waals surface area contributed by atoms with Gasteiger partial charge in [0, 0.05) is 19.6 Å². The highest BCUT2D eigenvalue weighted by molar-refractivity contribution is 6.00. The van der Waals surface area contributed by atoms with Crippen LogP contribution in [0.25, 0.3) is 0 Å². The molecule has 0 unspecified atom stereocenters. The van der Waals surface area contributed by atoms with Crippen LogP contribution < -0.4 is 10.7 Å². The zero-order valence-electron chi connectivity index (χ0n) is 12.1. The maximum atomic E-state index is 12.3. The van der Waals surface area contributed by atoms with Gasteiger partial charge in [0.1, 0.15) is 11.3 Å². The van der Waals surface area contributed by atoms with E-state index in [0.29, 0.717) is 12.2 Å². The summed E-state index contributed by atoms with van der Waals surface area (Å²) in [6, 6.07) is 4.74. The Morgan fingerprint density at radius 1 is 1.33 bits per heavy atom. The summed E-state index contributed by atoms with van der Waals surface area (Å²) < 4.78 is 0. The van der Waals surface area contributed by atoms with Crippen LogP contribution in [-0.2, 0) is 0 Å². The van der Waals surface area contributed by atoms with E-state index in [-0.39, 0.29) is 11.3 Å². The third-order valence-corrected chi connectivity index (χ3v) is 3.45. The van der Waals surface area contributed by atoms with E-state index in [2.05, 4.69) is 10.7 Å². The van der Waals surface area contributed by atoms with E-state index in [1.54, 1.807) is 12.1 Å². The molecule has 0 radical (unpaired) electrons. The number of hydrazine groups is 1. The van der Waals surface area contributed by atoms with E-state index in [4.69, 9.17) is 0 Å². The van der Waals surface area contributed by atoms with Gasteiger partial charge in [0.25, 0.3) is 5.91 Å². The summed E-state index contributed by atoms with van der Waals surface area (Å²) in [6.45, 7) is 3.97. The monoisotopic (exact) mass is 292 g/mol. The first-order valence-electron chi connectivity index (χ1n) is 7.20. The fourth-order valence-electron chi connectivity index (χ4n) is 2.47. The minimum atomic E-state index is -0.511. The number of hydrogen-bond acceptors (Lipinski definition) is 5. The Kier molecular flexibility index (Phi) is 5.10. The van der Waals surface area contributed by atoms with Crippen LogP contribution in [0.5, 0.6) is 0 Å². The molecule has 2 rings (SSSR count). The topological polar surface area (TPSA) is 87.5 Å². The predicted octanol–water partition coefficient (Wildman–Crippen LogP) is 2.16. The Balaban J connectivity index is 2.22. The lowest BCUT2D eigenvalue weighted by atomic mass is 10.1. The van der Waals surface area contributed by atoms with E-state index in [0.717, 1.165) is 32.4 Å². The number of carbonyl (C=O) groups is 1. The van der Waals surface area contributed by atoms with Crippen LogP contribution in [-0.4, -0.2) is 35.5 Å². The summed E-state index contributed by atoms with van der Waals surface area (Å²) in [5.41, 5.74) is 3.05. The molecule has 1 aromatic carbocycles. The molecule has 0 saturated carbocycles. The number of nitro groups is 1. The molecule has 0 aliphatic carbocycles. The second kappa shape index (κ2) is 7.03. The average molecular weight is 292 g/mol. The number of anilines is 1. The molecule has 1 heterocycles. The number of para-hydroxylation sites is 1. The molecule has 0 spiro atoms. The van der Waals surface area contributed by atoms with E-state index < -0.39 is 10.8 Å². The molecule has 0 bridgehead atoms. The second-order valence-corrected chi connectivity index (χ2v) is 4.98. The number of amides is 1. The van der Waals surface area contributed by atoms with Crippen molar-refractivity contribution in [3.8, 4) is 0 Å². The van der Waals surface area contributed by atoms with Gasteiger partial charge in [0.2, 0.25) is 0 Å². The predicted molar refractivity (Wildman–Crippen MR) is 80.2 cm³/mol. The van der Waals surface area contributed by atoms with Gasteiger partial charge in [-0.15, -0.1) is 0 Å². The summed E-state index contributed by atoms with van der Waals surface area (Å²) in [5.74, 6) is -0.427. The van der Waals surface area contributed by atoms with Crippen LogP contribution in [0.3, 0.4) is 0 Å². The molecule has 1 saturated heterocycles. The number of piperidine rings is 1. The zero-order chi connectivity index (χ0) is 15.2. The van der Waals surface area contributed by atoms with Crippen molar-refractivity contribution < 1.29 is 9.72 Å². The number of hydrogen-bond donors (Lipinski definition) is 2. The van der Waals surface area contributed by atoms with Crippen LogP contribution in [0.15, 0.2) is 18.2 Å². The normalized spacial score (nSPS) is 15.5. The molecule has 0 atom stereocenters. The smallest absolute Gasteiger partial charge is 0.305 e. The third kappa shape index (κ3) is 3.69. The summed E-state index contributed by atoms with van der Waals surface area (Å²) in [6.07, 6.45) is 3.21. The molecule has 114 valence electrons. The Hall–Kier alpha value is -2.15. The number of carbonyl (C=O) groups excluding carboxylic acids is 1. The van der Waals surface area contributed by atoms with Crippen molar-refractivity contribution in [1.82, 2.24) is 10.4 Å². The van der Waals surface area contributed by atoms with E-state index in [1.165, 1.54) is 6.07 Å². The number of benzene rings is 1. The Morgan fingerprint density at radius 2 is 2.05 bits per heavy atom. The molecule has 7 heteroatoms. The lowest BCUT2D eigenvalue weighted by Crippen LogP contribution is -2.45. The highest BCUT2D eigenvalue weighted by atomic mass is 16.6. The fraction of sp³-hybridized carbons (Fsp3) is 0.500. The first kappa shape index (κ1) is 15.2. The first-order valence-corrected chi connectivity index (χ1v) is 7.20. The van der Waals surface area contributed by atoms with Gasteiger partial charge in [-0.2, -0.15) is 0 Å². The molecular weight excluding hydrogens is 272 g/mol. The van der Waals surface area contributed by atoms with Gasteiger partial charge in [-0.25, -0.2) is 5.01 Å². The van der Waals surface area contributed by atoms with Gasteiger partial charge in [-0.3, -0.25) is 20.3 Å². The van der Waals surface area contributed by atoms with Crippen molar-refractivity contribution in [2.24, 2.45) is 0 Å². The van der Waals surface area contributed by atoms with Gasteiger partial charge in [-0.05, 0) is 31.9 Å². The number of nitro benzene ring substituents is 1. The Labute approximate surface area is 123 Å². The SMILES string of the molecule is CCNc1cccc(C(=O)NN2CCCCC2)c1[N+](=O)[O-]. The summed E-state index contributed by atoms with van der Waals surface area (Å²) in [7, 11) is 0. The summed E-state index contributed by atoms with van der Waals surface area (Å²) in [4.78, 5) is 23.1. The van der Waals surface area contributed by atoms with Gasteiger partial charge in [0.05, 0.1) is 4.92 Å². The van der Waals surface area contributed by atoms with E-state index in [1.807, 2.05) is 11.9 Å². The summed E-state index contributed by atoms with van der Waals surface area (Å²) >= 11 is 0. The maximum Gasteiger partial charge on any atom is 0.305 e. The molecule has 1 amide bonds. The maximum absolute atomic E-state index is 12.3. The van der Waals surface area contributed by atoms with Crippen LogP contribution >= 0.6 is 0 Å². The highest BCUT2D eigenvalue weighted by Crippen LogP contribution is 2.28. The Bertz CT molecular complexity index is 527. The van der Waals surface area contributed by atoms with Crippen LogP contribution in [0.2, 0.25) is 0 Å². The minimum Gasteiger partial charge on any atom is -0.380 e. The molecule has 1 fully saturated rings. The number of nitrogens with one attached hydrogen (secondary N) is 2. The van der Waals surface area contributed by atoms with Crippen molar-refractivity contribution in [2.75, 3.05) is 25.0 Å². The summed E-state index contributed by atoms with van der Waals surface area (Å²) in [5, 5.41) is 16.0. The van der Waals surface area contributed by atoms with Crippen molar-refractivity contribution in [3.05, 3.63) is 33.9 Å². The van der Waals surface area contributed by atoms with Crippen LogP contribution in [0, 0.1) is 10.1 Å². The lowest BCUT2D eigenvalue weighted by Gasteiger charge is -2.26. The molecule has 0 aromatic heterocycles. The van der Waals surface area contributed by atoms with Gasteiger partial charge in [-0.1, -0.05) is 12.5 Å². The van der Waals surface area contributed by atoms with E-state index >= 15 is 0 Å². The molecule has 2 N–H and O–H groups in total. The molecule has 21 heavy (non-hydrogen) atoms. The van der Waals surface area contributed by atoms with Crippen LogP contribution in [0.4, 0.5) is 11.4 Å². The minimum absolute atomic E-state index is 0.0871. The van der Waals surface area contributed by atoms with Gasteiger partial charge >= 0.3 is 5.69 Å². The van der Waals surface area contributed by atoms with E-state index in [9.17, 15) is 14.9 Å².